The Balaban J connectivity index is 3.35. The van der Waals surface area contributed by atoms with Gasteiger partial charge in [0, 0.05) is 10.7 Å². The Hall–Kier alpha value is -1.36. The van der Waals surface area contributed by atoms with Crippen molar-refractivity contribution in [2.45, 2.75) is 0 Å². The highest BCUT2D eigenvalue weighted by atomic mass is 32.1. The third kappa shape index (κ3) is 1.56. The van der Waals surface area contributed by atoms with Crippen molar-refractivity contribution in [1.29, 1.82) is 0 Å². The molecular weight excluding hydrogens is 166 g/mol. The fourth-order valence-corrected chi connectivity index (χ4v) is 0.806. The Labute approximate surface area is 67.3 Å². The summed E-state index contributed by atoms with van der Waals surface area (Å²) in [7, 11) is 0. The molecule has 58 valence electrons. The highest BCUT2D eigenvalue weighted by Gasteiger charge is 2.05. The first-order valence-electron chi connectivity index (χ1n) is 2.76. The predicted octanol–water partition coefficient (Wildman–Crippen LogP) is 1.15. The van der Waals surface area contributed by atoms with Crippen LogP contribution >= 0.6 is 12.2 Å². The third-order valence-electron chi connectivity index (χ3n) is 1.12. The van der Waals surface area contributed by atoms with Gasteiger partial charge >= 0.3 is 5.97 Å². The molecule has 0 aromatic carbocycles. The van der Waals surface area contributed by atoms with Crippen LogP contribution in [0.4, 0.5) is 0 Å². The maximum Gasteiger partial charge on any atom is 0.356 e. The number of rotatable bonds is 1. The number of carboxylic acids is 1. The Kier molecular flexibility index (Phi) is 1.91. The second kappa shape index (κ2) is 2.71. The largest absolute Gasteiger partial charge is 0.476 e. The maximum absolute atomic E-state index is 10.3. The van der Waals surface area contributed by atoms with Crippen molar-refractivity contribution in [1.82, 2.24) is 4.73 Å². The molecule has 1 aromatic heterocycles. The molecule has 0 amide bonds. The van der Waals surface area contributed by atoms with E-state index < -0.39 is 5.97 Å². The number of aromatic nitrogens is 1. The van der Waals surface area contributed by atoms with Crippen molar-refractivity contribution in [3.8, 4) is 0 Å². The van der Waals surface area contributed by atoms with E-state index in [2.05, 4.69) is 0 Å². The number of carboxylic acid groups (broad SMARTS) is 1. The molecule has 0 aliphatic carbocycles. The summed E-state index contributed by atoms with van der Waals surface area (Å²) < 4.78 is 0.894. The van der Waals surface area contributed by atoms with Gasteiger partial charge in [0.25, 0.3) is 0 Å². The minimum absolute atomic E-state index is 0.238. The van der Waals surface area contributed by atoms with Crippen LogP contribution in [0.1, 0.15) is 10.5 Å². The summed E-state index contributed by atoms with van der Waals surface area (Å²) in [5.41, 5.74) is -0.238. The molecule has 0 atom stereocenters. The molecule has 0 fully saturated rings. The SMILES string of the molecule is O=C(O)c1cc(=S)ccn1O. The quantitative estimate of drug-likeness (QED) is 0.491. The normalized spacial score (nSPS) is 9.45. The van der Waals surface area contributed by atoms with Crippen LogP contribution in [0.5, 0.6) is 0 Å². The van der Waals surface area contributed by atoms with E-state index in [4.69, 9.17) is 22.5 Å². The van der Waals surface area contributed by atoms with E-state index in [1.807, 2.05) is 0 Å². The van der Waals surface area contributed by atoms with E-state index in [1.54, 1.807) is 0 Å². The number of nitrogens with zero attached hydrogens (tertiary/aromatic N) is 1. The van der Waals surface area contributed by atoms with Gasteiger partial charge in [-0.15, -0.1) is 0 Å². The number of pyridine rings is 1. The van der Waals surface area contributed by atoms with Crippen molar-refractivity contribution >= 4 is 18.2 Å². The minimum atomic E-state index is -1.21. The van der Waals surface area contributed by atoms with Gasteiger partial charge in [-0.1, -0.05) is 12.2 Å². The van der Waals surface area contributed by atoms with E-state index in [9.17, 15) is 4.79 Å². The van der Waals surface area contributed by atoms with Gasteiger partial charge in [-0.05, 0) is 12.1 Å². The monoisotopic (exact) mass is 171 g/mol. The van der Waals surface area contributed by atoms with Crippen molar-refractivity contribution in [2.24, 2.45) is 0 Å². The molecule has 0 aliphatic heterocycles. The molecular formula is C6H5NO3S. The highest BCUT2D eigenvalue weighted by Crippen LogP contribution is 1.98. The van der Waals surface area contributed by atoms with Crippen LogP contribution in [-0.4, -0.2) is 21.0 Å². The number of aromatic carboxylic acids is 1. The Morgan fingerprint density at radius 1 is 1.64 bits per heavy atom. The average molecular weight is 171 g/mol. The zero-order valence-corrected chi connectivity index (χ0v) is 6.21. The van der Waals surface area contributed by atoms with E-state index in [-0.39, 0.29) is 5.69 Å². The lowest BCUT2D eigenvalue weighted by atomic mass is 10.3. The highest BCUT2D eigenvalue weighted by molar-refractivity contribution is 7.71. The topological polar surface area (TPSA) is 62.5 Å². The van der Waals surface area contributed by atoms with Gasteiger partial charge < -0.3 is 10.3 Å². The fraction of sp³-hybridized carbons (Fsp3) is 0. The van der Waals surface area contributed by atoms with Gasteiger partial charge in [0.05, 0.1) is 0 Å². The lowest BCUT2D eigenvalue weighted by Gasteiger charge is -1.99. The summed E-state index contributed by atoms with van der Waals surface area (Å²) in [5, 5.41) is 17.4. The lowest BCUT2D eigenvalue weighted by Crippen LogP contribution is -2.07. The number of carbonyl (C=O) groups is 1. The lowest BCUT2D eigenvalue weighted by molar-refractivity contribution is 0.0640. The first-order chi connectivity index (χ1) is 5.11. The zero-order chi connectivity index (χ0) is 8.43. The first-order valence-corrected chi connectivity index (χ1v) is 3.17. The van der Waals surface area contributed by atoms with E-state index in [0.717, 1.165) is 0 Å². The minimum Gasteiger partial charge on any atom is -0.476 e. The van der Waals surface area contributed by atoms with Crippen molar-refractivity contribution in [3.05, 3.63) is 28.5 Å². The van der Waals surface area contributed by atoms with Crippen LogP contribution in [0.25, 0.3) is 0 Å². The molecule has 0 radical (unpaired) electrons. The average Bonchev–Trinajstić information content (AvgIpc) is 1.94. The van der Waals surface area contributed by atoms with Gasteiger partial charge in [0.15, 0.2) is 5.69 Å². The van der Waals surface area contributed by atoms with Crippen LogP contribution < -0.4 is 0 Å². The first kappa shape index (κ1) is 7.74. The van der Waals surface area contributed by atoms with Crippen LogP contribution in [0, 0.1) is 4.51 Å². The van der Waals surface area contributed by atoms with Gasteiger partial charge in [0.2, 0.25) is 0 Å². The fourth-order valence-electron chi connectivity index (χ4n) is 0.633. The Bertz CT molecular complexity index is 344. The molecule has 0 spiro atoms. The molecule has 1 rings (SSSR count). The third-order valence-corrected chi connectivity index (χ3v) is 1.38. The molecule has 0 saturated carbocycles. The summed E-state index contributed by atoms with van der Waals surface area (Å²) in [6.45, 7) is 0. The second-order valence-electron chi connectivity index (χ2n) is 1.90. The van der Waals surface area contributed by atoms with Crippen LogP contribution in [-0.2, 0) is 0 Å². The molecule has 11 heavy (non-hydrogen) atoms. The molecule has 2 N–H and O–H groups in total. The molecule has 0 aliphatic rings. The van der Waals surface area contributed by atoms with Crippen molar-refractivity contribution in [2.75, 3.05) is 0 Å². The zero-order valence-electron chi connectivity index (χ0n) is 5.39. The van der Waals surface area contributed by atoms with E-state index in [1.165, 1.54) is 18.3 Å². The van der Waals surface area contributed by atoms with Gasteiger partial charge in [0.1, 0.15) is 0 Å². The molecule has 5 heteroatoms. The molecule has 1 aromatic rings. The second-order valence-corrected chi connectivity index (χ2v) is 2.37. The summed E-state index contributed by atoms with van der Waals surface area (Å²) in [4.78, 5) is 10.3. The smallest absolute Gasteiger partial charge is 0.356 e. The van der Waals surface area contributed by atoms with Crippen LogP contribution in [0.2, 0.25) is 0 Å². The number of hydrogen-bond donors (Lipinski definition) is 2. The molecule has 1 heterocycles. The number of hydrogen-bond acceptors (Lipinski definition) is 3. The maximum atomic E-state index is 10.3. The predicted molar refractivity (Wildman–Crippen MR) is 39.4 cm³/mol. The molecule has 0 bridgehead atoms. The summed E-state index contributed by atoms with van der Waals surface area (Å²) in [6, 6.07) is 2.64. The van der Waals surface area contributed by atoms with Gasteiger partial charge in [-0.25, -0.2) is 4.79 Å². The summed E-state index contributed by atoms with van der Waals surface area (Å²) >= 11 is 4.69. The van der Waals surface area contributed by atoms with Gasteiger partial charge in [-0.2, -0.15) is 4.73 Å². The van der Waals surface area contributed by atoms with Crippen molar-refractivity contribution < 1.29 is 15.1 Å². The van der Waals surface area contributed by atoms with Crippen LogP contribution in [0.15, 0.2) is 18.3 Å². The Morgan fingerprint density at radius 2 is 2.27 bits per heavy atom. The summed E-state index contributed by atoms with van der Waals surface area (Å²) in [5.74, 6) is -1.21. The Morgan fingerprint density at radius 3 is 2.73 bits per heavy atom. The molecule has 4 nitrogen and oxygen atoms in total. The van der Waals surface area contributed by atoms with Crippen LogP contribution in [0.3, 0.4) is 0 Å². The van der Waals surface area contributed by atoms with Gasteiger partial charge in [-0.3, -0.25) is 0 Å². The summed E-state index contributed by atoms with van der Waals surface area (Å²) in [6.07, 6.45) is 1.19. The standard InChI is InChI=1S/C6H5NO3S/c8-6(9)5-3-4(11)1-2-7(5)10/h1-3,10H,(H,8,9). The molecule has 0 unspecified atom stereocenters. The van der Waals surface area contributed by atoms with Crippen molar-refractivity contribution in [3.63, 3.8) is 0 Å². The van der Waals surface area contributed by atoms with E-state index >= 15 is 0 Å². The molecule has 0 saturated heterocycles. The van der Waals surface area contributed by atoms with E-state index in [0.29, 0.717) is 9.24 Å².